The molecule has 1 aromatic rings. The maximum Gasteiger partial charge on any atom is 0.242 e. The van der Waals surface area contributed by atoms with Gasteiger partial charge in [0.25, 0.3) is 0 Å². The van der Waals surface area contributed by atoms with Crippen LogP contribution in [0.25, 0.3) is 0 Å². The predicted molar refractivity (Wildman–Crippen MR) is 98.2 cm³/mol. The number of nitrogens with zero attached hydrogens (tertiary/aromatic N) is 2. The lowest BCUT2D eigenvalue weighted by Crippen LogP contribution is -2.48. The molecule has 0 aromatic heterocycles. The molecule has 1 aromatic carbocycles. The Labute approximate surface area is 155 Å². The number of rotatable bonds is 6. The Hall–Kier alpha value is -2.24. The van der Waals surface area contributed by atoms with Crippen molar-refractivity contribution in [2.45, 2.75) is 32.1 Å². The molecule has 0 radical (unpaired) electrons. The second kappa shape index (κ2) is 8.92. The van der Waals surface area contributed by atoms with Gasteiger partial charge in [-0.05, 0) is 37.8 Å². The van der Waals surface area contributed by atoms with Gasteiger partial charge in [-0.3, -0.25) is 9.59 Å². The van der Waals surface area contributed by atoms with E-state index in [0.29, 0.717) is 32.0 Å². The summed E-state index contributed by atoms with van der Waals surface area (Å²) in [4.78, 5) is 28.1. The molecular weight excluding hydrogens is 332 g/mol. The molecule has 3 rings (SSSR count). The number of hydrogen-bond donors (Lipinski definition) is 0. The van der Waals surface area contributed by atoms with E-state index in [4.69, 9.17) is 9.47 Å². The van der Waals surface area contributed by atoms with E-state index in [0.717, 1.165) is 43.7 Å². The molecule has 6 nitrogen and oxygen atoms in total. The van der Waals surface area contributed by atoms with Crippen molar-refractivity contribution in [3.05, 3.63) is 24.3 Å². The SMILES string of the molecule is COc1cccc(OC[C@H]2CCCN(C(=O)CN3CCCCC3=O)C2)c1. The number of carbonyl (C=O) groups is 2. The van der Waals surface area contributed by atoms with Crippen molar-refractivity contribution < 1.29 is 19.1 Å². The van der Waals surface area contributed by atoms with Crippen molar-refractivity contribution in [3.8, 4) is 11.5 Å². The topological polar surface area (TPSA) is 59.1 Å². The Bertz CT molecular complexity index is 634. The maximum atomic E-state index is 12.6. The quantitative estimate of drug-likeness (QED) is 0.781. The number of piperidine rings is 2. The summed E-state index contributed by atoms with van der Waals surface area (Å²) in [5.41, 5.74) is 0. The standard InChI is InChI=1S/C20H28N2O4/c1-25-17-7-4-8-18(12-17)26-15-16-6-5-11-21(13-16)20(24)14-22-10-3-2-9-19(22)23/h4,7-8,12,16H,2-3,5-6,9-11,13-15H2,1H3/t16-/m0/s1. The Morgan fingerprint density at radius 3 is 2.85 bits per heavy atom. The highest BCUT2D eigenvalue weighted by Gasteiger charge is 2.27. The first-order valence-electron chi connectivity index (χ1n) is 9.48. The second-order valence-electron chi connectivity index (χ2n) is 7.11. The van der Waals surface area contributed by atoms with Gasteiger partial charge in [-0.1, -0.05) is 6.07 Å². The predicted octanol–water partition coefficient (Wildman–Crippen LogP) is 2.33. The number of likely N-dealkylation sites (tertiary alicyclic amines) is 2. The molecule has 142 valence electrons. The molecule has 0 N–H and O–H groups in total. The van der Waals surface area contributed by atoms with Crippen LogP contribution in [0.2, 0.25) is 0 Å². The van der Waals surface area contributed by atoms with Crippen molar-refractivity contribution in [2.24, 2.45) is 5.92 Å². The number of amides is 2. The van der Waals surface area contributed by atoms with Crippen LogP contribution in [-0.2, 0) is 9.59 Å². The first-order valence-corrected chi connectivity index (χ1v) is 9.48. The Balaban J connectivity index is 1.48. The lowest BCUT2D eigenvalue weighted by molar-refractivity contribution is -0.143. The van der Waals surface area contributed by atoms with E-state index < -0.39 is 0 Å². The van der Waals surface area contributed by atoms with Crippen molar-refractivity contribution in [3.63, 3.8) is 0 Å². The molecule has 0 aliphatic carbocycles. The van der Waals surface area contributed by atoms with E-state index >= 15 is 0 Å². The first-order chi connectivity index (χ1) is 12.7. The third-order valence-electron chi connectivity index (χ3n) is 5.15. The third kappa shape index (κ3) is 4.90. The Morgan fingerprint density at radius 1 is 1.19 bits per heavy atom. The summed E-state index contributed by atoms with van der Waals surface area (Å²) in [6.45, 7) is 2.99. The Morgan fingerprint density at radius 2 is 2.04 bits per heavy atom. The van der Waals surface area contributed by atoms with E-state index in [1.807, 2.05) is 29.2 Å². The maximum absolute atomic E-state index is 12.6. The molecule has 6 heteroatoms. The normalized spacial score (nSPS) is 20.8. The van der Waals surface area contributed by atoms with Crippen molar-refractivity contribution in [1.82, 2.24) is 9.80 Å². The number of benzene rings is 1. The lowest BCUT2D eigenvalue weighted by Gasteiger charge is -2.35. The summed E-state index contributed by atoms with van der Waals surface area (Å²) >= 11 is 0. The van der Waals surface area contributed by atoms with Crippen LogP contribution in [0.4, 0.5) is 0 Å². The van der Waals surface area contributed by atoms with Crippen LogP contribution in [0.3, 0.4) is 0 Å². The van der Waals surface area contributed by atoms with E-state index in [9.17, 15) is 9.59 Å². The van der Waals surface area contributed by atoms with Gasteiger partial charge in [0.15, 0.2) is 0 Å². The summed E-state index contributed by atoms with van der Waals surface area (Å²) in [6.07, 6.45) is 4.54. The highest BCUT2D eigenvalue weighted by molar-refractivity contribution is 5.85. The zero-order chi connectivity index (χ0) is 18.4. The minimum Gasteiger partial charge on any atom is -0.497 e. The van der Waals surface area contributed by atoms with E-state index in [-0.39, 0.29) is 18.4 Å². The third-order valence-corrected chi connectivity index (χ3v) is 5.15. The van der Waals surface area contributed by atoms with Gasteiger partial charge in [-0.2, -0.15) is 0 Å². The van der Waals surface area contributed by atoms with Gasteiger partial charge >= 0.3 is 0 Å². The monoisotopic (exact) mass is 360 g/mol. The average molecular weight is 360 g/mol. The minimum absolute atomic E-state index is 0.0614. The average Bonchev–Trinajstić information content (AvgIpc) is 2.68. The molecular formula is C20H28N2O4. The first kappa shape index (κ1) is 18.5. The van der Waals surface area contributed by atoms with Gasteiger partial charge in [0, 0.05) is 38.0 Å². The number of hydrogen-bond acceptors (Lipinski definition) is 4. The molecule has 2 fully saturated rings. The van der Waals surface area contributed by atoms with Gasteiger partial charge in [0.2, 0.25) is 11.8 Å². The lowest BCUT2D eigenvalue weighted by atomic mass is 9.99. The number of carbonyl (C=O) groups excluding carboxylic acids is 2. The molecule has 2 heterocycles. The van der Waals surface area contributed by atoms with Crippen LogP contribution in [-0.4, -0.2) is 61.5 Å². The fourth-order valence-corrected chi connectivity index (χ4v) is 3.62. The van der Waals surface area contributed by atoms with Crippen LogP contribution < -0.4 is 9.47 Å². The van der Waals surface area contributed by atoms with E-state index in [1.165, 1.54) is 0 Å². The van der Waals surface area contributed by atoms with Gasteiger partial charge in [-0.25, -0.2) is 0 Å². The molecule has 2 saturated heterocycles. The number of methoxy groups -OCH3 is 1. The van der Waals surface area contributed by atoms with Crippen molar-refractivity contribution >= 4 is 11.8 Å². The molecule has 26 heavy (non-hydrogen) atoms. The molecule has 2 aliphatic rings. The van der Waals surface area contributed by atoms with Crippen LogP contribution >= 0.6 is 0 Å². The Kier molecular flexibility index (Phi) is 6.36. The summed E-state index contributed by atoms with van der Waals surface area (Å²) in [6, 6.07) is 7.57. The van der Waals surface area contributed by atoms with Gasteiger partial charge in [-0.15, -0.1) is 0 Å². The summed E-state index contributed by atoms with van der Waals surface area (Å²) in [5, 5.41) is 0. The second-order valence-corrected chi connectivity index (χ2v) is 7.11. The fourth-order valence-electron chi connectivity index (χ4n) is 3.62. The fraction of sp³-hybridized carbons (Fsp3) is 0.600. The summed E-state index contributed by atoms with van der Waals surface area (Å²) in [5.74, 6) is 2.04. The largest absolute Gasteiger partial charge is 0.497 e. The van der Waals surface area contributed by atoms with Crippen molar-refractivity contribution in [2.75, 3.05) is 39.9 Å². The van der Waals surface area contributed by atoms with Gasteiger partial charge < -0.3 is 19.3 Å². The zero-order valence-electron chi connectivity index (χ0n) is 15.5. The number of ether oxygens (including phenoxy) is 2. The van der Waals surface area contributed by atoms with Gasteiger partial charge in [0.1, 0.15) is 11.5 Å². The molecule has 2 amide bonds. The van der Waals surface area contributed by atoms with E-state index in [1.54, 1.807) is 12.0 Å². The van der Waals surface area contributed by atoms with Crippen LogP contribution in [0.5, 0.6) is 11.5 Å². The van der Waals surface area contributed by atoms with E-state index in [2.05, 4.69) is 0 Å². The molecule has 2 aliphatic heterocycles. The zero-order valence-corrected chi connectivity index (χ0v) is 15.5. The van der Waals surface area contributed by atoms with Gasteiger partial charge in [0.05, 0.1) is 20.3 Å². The molecule has 1 atom stereocenters. The summed E-state index contributed by atoms with van der Waals surface area (Å²) in [7, 11) is 1.64. The van der Waals surface area contributed by atoms with Crippen LogP contribution in [0.15, 0.2) is 24.3 Å². The highest BCUT2D eigenvalue weighted by Crippen LogP contribution is 2.22. The molecule has 0 spiro atoms. The van der Waals surface area contributed by atoms with Crippen LogP contribution in [0, 0.1) is 5.92 Å². The van der Waals surface area contributed by atoms with Crippen molar-refractivity contribution in [1.29, 1.82) is 0 Å². The molecule has 0 bridgehead atoms. The molecule has 0 saturated carbocycles. The molecule has 0 unspecified atom stereocenters. The smallest absolute Gasteiger partial charge is 0.242 e. The minimum atomic E-state index is 0.0614. The highest BCUT2D eigenvalue weighted by atomic mass is 16.5. The van der Waals surface area contributed by atoms with Crippen LogP contribution in [0.1, 0.15) is 32.1 Å². The summed E-state index contributed by atoms with van der Waals surface area (Å²) < 4.78 is 11.1.